The number of amides is 2. The Morgan fingerprint density at radius 1 is 1.18 bits per heavy atom. The molecule has 0 fully saturated rings. The number of benzene rings is 1. The minimum atomic E-state index is -0.240. The number of rotatable bonds is 7. The number of hydrogen-bond acceptors (Lipinski definition) is 3. The van der Waals surface area contributed by atoms with Crippen LogP contribution < -0.4 is 10.6 Å². The van der Waals surface area contributed by atoms with Gasteiger partial charge in [0.1, 0.15) is 0 Å². The van der Waals surface area contributed by atoms with Crippen LogP contribution >= 0.6 is 22.6 Å². The van der Waals surface area contributed by atoms with Crippen LogP contribution in [0.25, 0.3) is 0 Å². The van der Waals surface area contributed by atoms with Gasteiger partial charge in [0.05, 0.1) is 12.6 Å². The average Bonchev–Trinajstić information content (AvgIpc) is 2.45. The molecule has 6 heteroatoms. The summed E-state index contributed by atoms with van der Waals surface area (Å²) in [5.74, 6) is -0.175. The van der Waals surface area contributed by atoms with Gasteiger partial charge < -0.3 is 10.6 Å². The van der Waals surface area contributed by atoms with E-state index >= 15 is 0 Å². The number of alkyl halides is 1. The number of carbonyl (C=O) groups excluding carboxylic acids is 2. The standard InChI is InChI=1S/C16H24IN3O2/c1-11(2)15(20(3)4)16(22)18-10-14(21)19-13-7-5-12(9-17)6-8-13/h5-8,11,15H,9-10H2,1-4H3,(H,18,22)(H,19,21)/t15-/m0/s1. The first-order valence-electron chi connectivity index (χ1n) is 7.24. The van der Waals surface area contributed by atoms with Crippen LogP contribution in [-0.2, 0) is 14.0 Å². The van der Waals surface area contributed by atoms with Crippen LogP contribution in [0.15, 0.2) is 24.3 Å². The highest BCUT2D eigenvalue weighted by atomic mass is 127. The van der Waals surface area contributed by atoms with E-state index in [0.29, 0.717) is 0 Å². The van der Waals surface area contributed by atoms with Crippen LogP contribution in [0.5, 0.6) is 0 Å². The van der Waals surface area contributed by atoms with Crippen molar-refractivity contribution >= 4 is 40.1 Å². The van der Waals surface area contributed by atoms with Crippen molar-refractivity contribution in [2.75, 3.05) is 26.0 Å². The van der Waals surface area contributed by atoms with Gasteiger partial charge in [-0.25, -0.2) is 0 Å². The second-order valence-corrected chi connectivity index (χ2v) is 6.51. The van der Waals surface area contributed by atoms with Gasteiger partial charge in [0.25, 0.3) is 0 Å². The van der Waals surface area contributed by atoms with Gasteiger partial charge in [-0.15, -0.1) is 0 Å². The molecule has 2 amide bonds. The lowest BCUT2D eigenvalue weighted by molar-refractivity contribution is -0.128. The molecule has 22 heavy (non-hydrogen) atoms. The third-order valence-electron chi connectivity index (χ3n) is 3.27. The maximum atomic E-state index is 12.1. The first-order chi connectivity index (χ1) is 10.3. The molecule has 0 bridgehead atoms. The summed E-state index contributed by atoms with van der Waals surface area (Å²) in [4.78, 5) is 25.9. The molecule has 122 valence electrons. The van der Waals surface area contributed by atoms with Gasteiger partial charge in [-0.05, 0) is 37.7 Å². The first-order valence-corrected chi connectivity index (χ1v) is 8.76. The fourth-order valence-corrected chi connectivity index (χ4v) is 2.80. The summed E-state index contributed by atoms with van der Waals surface area (Å²) in [5, 5.41) is 5.47. The molecule has 1 aromatic rings. The molecule has 1 atom stereocenters. The monoisotopic (exact) mass is 417 g/mol. The molecule has 0 saturated heterocycles. The highest BCUT2D eigenvalue weighted by Crippen LogP contribution is 2.12. The van der Waals surface area contributed by atoms with Crippen LogP contribution in [0.3, 0.4) is 0 Å². The molecule has 0 saturated carbocycles. The second-order valence-electron chi connectivity index (χ2n) is 5.75. The van der Waals surface area contributed by atoms with Crippen LogP contribution in [-0.4, -0.2) is 43.4 Å². The molecule has 0 radical (unpaired) electrons. The summed E-state index contributed by atoms with van der Waals surface area (Å²) in [6.45, 7) is 3.95. The summed E-state index contributed by atoms with van der Waals surface area (Å²) in [5.41, 5.74) is 1.94. The number of nitrogens with zero attached hydrogens (tertiary/aromatic N) is 1. The maximum absolute atomic E-state index is 12.1. The Kier molecular flexibility index (Phi) is 7.81. The smallest absolute Gasteiger partial charge is 0.243 e. The molecule has 0 spiro atoms. The number of anilines is 1. The Morgan fingerprint density at radius 2 is 1.77 bits per heavy atom. The lowest BCUT2D eigenvalue weighted by atomic mass is 10.0. The van der Waals surface area contributed by atoms with E-state index < -0.39 is 0 Å². The molecule has 1 aromatic carbocycles. The number of hydrogen-bond donors (Lipinski definition) is 2. The molecule has 1 rings (SSSR count). The molecule has 5 nitrogen and oxygen atoms in total. The summed E-state index contributed by atoms with van der Waals surface area (Å²) in [6.07, 6.45) is 0. The van der Waals surface area contributed by atoms with Crippen molar-refractivity contribution in [2.45, 2.75) is 24.3 Å². The van der Waals surface area contributed by atoms with Crippen LogP contribution in [0.2, 0.25) is 0 Å². The molecule has 0 unspecified atom stereocenters. The lowest BCUT2D eigenvalue weighted by Crippen LogP contribution is -2.48. The number of likely N-dealkylation sites (N-methyl/N-ethyl adjacent to an activating group) is 1. The van der Waals surface area contributed by atoms with Crippen molar-refractivity contribution in [3.05, 3.63) is 29.8 Å². The van der Waals surface area contributed by atoms with E-state index in [0.717, 1.165) is 10.1 Å². The molecule has 2 N–H and O–H groups in total. The molecule has 0 aliphatic carbocycles. The van der Waals surface area contributed by atoms with Crippen molar-refractivity contribution in [1.82, 2.24) is 10.2 Å². The Labute approximate surface area is 146 Å². The Balaban J connectivity index is 2.49. The summed E-state index contributed by atoms with van der Waals surface area (Å²) in [6, 6.07) is 7.44. The van der Waals surface area contributed by atoms with Crippen LogP contribution in [0.1, 0.15) is 19.4 Å². The largest absolute Gasteiger partial charge is 0.346 e. The highest BCUT2D eigenvalue weighted by molar-refractivity contribution is 14.1. The van der Waals surface area contributed by atoms with Crippen LogP contribution in [0.4, 0.5) is 5.69 Å². The second kappa shape index (κ2) is 9.09. The molecular weight excluding hydrogens is 393 g/mol. The molecular formula is C16H24IN3O2. The van der Waals surface area contributed by atoms with Gasteiger partial charge in [0, 0.05) is 10.1 Å². The third kappa shape index (κ3) is 5.92. The van der Waals surface area contributed by atoms with Gasteiger partial charge in [0.2, 0.25) is 11.8 Å². The van der Waals surface area contributed by atoms with E-state index in [9.17, 15) is 9.59 Å². The van der Waals surface area contributed by atoms with E-state index in [2.05, 4.69) is 33.2 Å². The van der Waals surface area contributed by atoms with Crippen molar-refractivity contribution in [3.8, 4) is 0 Å². The zero-order chi connectivity index (χ0) is 16.7. The first kappa shape index (κ1) is 18.9. The normalized spacial score (nSPS) is 12.3. The summed E-state index contributed by atoms with van der Waals surface area (Å²) < 4.78 is 0.934. The predicted octanol–water partition coefficient (Wildman–Crippen LogP) is 2.26. The van der Waals surface area contributed by atoms with Crippen molar-refractivity contribution in [2.24, 2.45) is 5.92 Å². The van der Waals surface area contributed by atoms with E-state index in [-0.39, 0.29) is 30.3 Å². The van der Waals surface area contributed by atoms with Gasteiger partial charge in [-0.2, -0.15) is 0 Å². The van der Waals surface area contributed by atoms with E-state index in [1.807, 2.05) is 57.1 Å². The fraction of sp³-hybridized carbons (Fsp3) is 0.500. The molecule has 0 aliphatic heterocycles. The topological polar surface area (TPSA) is 61.4 Å². The predicted molar refractivity (Wildman–Crippen MR) is 98.1 cm³/mol. The Bertz CT molecular complexity index is 493. The van der Waals surface area contributed by atoms with Gasteiger partial charge >= 0.3 is 0 Å². The Morgan fingerprint density at radius 3 is 2.23 bits per heavy atom. The average molecular weight is 417 g/mol. The fourth-order valence-electron chi connectivity index (χ4n) is 2.29. The van der Waals surface area contributed by atoms with Gasteiger partial charge in [-0.3, -0.25) is 14.5 Å². The highest BCUT2D eigenvalue weighted by Gasteiger charge is 2.24. The molecule has 0 heterocycles. The molecule has 0 aromatic heterocycles. The number of carbonyl (C=O) groups is 2. The van der Waals surface area contributed by atoms with Crippen LogP contribution in [0, 0.1) is 5.92 Å². The number of nitrogens with one attached hydrogen (secondary N) is 2. The maximum Gasteiger partial charge on any atom is 0.243 e. The van der Waals surface area contributed by atoms with E-state index in [4.69, 9.17) is 0 Å². The quantitative estimate of drug-likeness (QED) is 0.529. The van der Waals surface area contributed by atoms with E-state index in [1.54, 1.807) is 0 Å². The van der Waals surface area contributed by atoms with Gasteiger partial charge in [0.15, 0.2) is 0 Å². The van der Waals surface area contributed by atoms with Crippen molar-refractivity contribution < 1.29 is 9.59 Å². The van der Waals surface area contributed by atoms with E-state index in [1.165, 1.54) is 5.56 Å². The minimum absolute atomic E-state index is 0.0239. The summed E-state index contributed by atoms with van der Waals surface area (Å²) >= 11 is 2.29. The zero-order valence-corrected chi connectivity index (χ0v) is 15.7. The third-order valence-corrected chi connectivity index (χ3v) is 4.15. The van der Waals surface area contributed by atoms with Gasteiger partial charge in [-0.1, -0.05) is 48.6 Å². The number of halogens is 1. The lowest BCUT2D eigenvalue weighted by Gasteiger charge is -2.26. The summed E-state index contributed by atoms with van der Waals surface area (Å²) in [7, 11) is 3.72. The Hall–Kier alpha value is -1.15. The van der Waals surface area contributed by atoms with Crippen molar-refractivity contribution in [3.63, 3.8) is 0 Å². The molecule has 0 aliphatic rings. The minimum Gasteiger partial charge on any atom is -0.346 e. The zero-order valence-electron chi connectivity index (χ0n) is 13.5. The van der Waals surface area contributed by atoms with Crippen molar-refractivity contribution in [1.29, 1.82) is 0 Å². The SMILES string of the molecule is CC(C)[C@@H](C(=O)NCC(=O)Nc1ccc(CI)cc1)N(C)C.